The Morgan fingerprint density at radius 3 is 2.74 bits per heavy atom. The van der Waals surface area contributed by atoms with E-state index in [1.165, 1.54) is 13.2 Å². The Balaban J connectivity index is 1.94. The highest BCUT2D eigenvalue weighted by atomic mass is 32.2. The number of thioether (sulfide) groups is 1. The van der Waals surface area contributed by atoms with Gasteiger partial charge < -0.3 is 14.5 Å². The van der Waals surface area contributed by atoms with Crippen LogP contribution in [0.5, 0.6) is 0 Å². The molecule has 1 unspecified atom stereocenters. The lowest BCUT2D eigenvalue weighted by Gasteiger charge is -2.11. The minimum absolute atomic E-state index is 0.220. The minimum Gasteiger partial charge on any atom is -0.460 e. The van der Waals surface area contributed by atoms with Crippen LogP contribution < -0.4 is 5.56 Å². The largest absolute Gasteiger partial charge is 0.460 e. The number of ether oxygens (including phenoxy) is 2. The first-order chi connectivity index (χ1) is 11.1. The number of hydrogen-bond donors (Lipinski definition) is 1. The Kier molecular flexibility index (Phi) is 6.37. The monoisotopic (exact) mass is 334 g/mol. The number of carbonyl (C=O) groups is 1. The SMILES string of the molecule is COCc1cc(=O)[nH]c(SC(C)C(=O)OCc2ccccc2)n1. The van der Waals surface area contributed by atoms with Gasteiger partial charge in [0.05, 0.1) is 12.3 Å². The maximum Gasteiger partial charge on any atom is 0.319 e. The van der Waals surface area contributed by atoms with Crippen molar-refractivity contribution in [1.82, 2.24) is 9.97 Å². The van der Waals surface area contributed by atoms with Gasteiger partial charge in [-0.15, -0.1) is 0 Å². The van der Waals surface area contributed by atoms with E-state index in [0.29, 0.717) is 10.9 Å². The zero-order valence-corrected chi connectivity index (χ0v) is 13.8. The molecule has 1 atom stereocenters. The number of nitrogens with one attached hydrogen (secondary N) is 1. The Bertz CT molecular complexity index is 703. The van der Waals surface area contributed by atoms with Crippen LogP contribution in [0.3, 0.4) is 0 Å². The van der Waals surface area contributed by atoms with E-state index >= 15 is 0 Å². The molecule has 2 aromatic rings. The first kappa shape index (κ1) is 17.2. The van der Waals surface area contributed by atoms with Crippen molar-refractivity contribution in [3.63, 3.8) is 0 Å². The number of benzene rings is 1. The summed E-state index contributed by atoms with van der Waals surface area (Å²) in [6, 6.07) is 10.8. The molecule has 122 valence electrons. The van der Waals surface area contributed by atoms with Gasteiger partial charge in [0.2, 0.25) is 0 Å². The Labute approximate surface area is 138 Å². The van der Waals surface area contributed by atoms with Crippen molar-refractivity contribution in [2.24, 2.45) is 0 Å². The summed E-state index contributed by atoms with van der Waals surface area (Å²) >= 11 is 1.14. The van der Waals surface area contributed by atoms with Crippen LogP contribution in [0.2, 0.25) is 0 Å². The fourth-order valence-corrected chi connectivity index (χ4v) is 2.65. The predicted molar refractivity (Wildman–Crippen MR) is 87.1 cm³/mol. The zero-order valence-electron chi connectivity index (χ0n) is 12.9. The molecule has 23 heavy (non-hydrogen) atoms. The topological polar surface area (TPSA) is 81.3 Å². The van der Waals surface area contributed by atoms with Gasteiger partial charge in [0, 0.05) is 13.2 Å². The number of methoxy groups -OCH3 is 1. The van der Waals surface area contributed by atoms with E-state index in [1.807, 2.05) is 30.3 Å². The van der Waals surface area contributed by atoms with Gasteiger partial charge in [-0.05, 0) is 12.5 Å². The van der Waals surface area contributed by atoms with Crippen LogP contribution >= 0.6 is 11.8 Å². The van der Waals surface area contributed by atoms with Crippen molar-refractivity contribution < 1.29 is 14.3 Å². The molecule has 0 bridgehead atoms. The Hall–Kier alpha value is -2.12. The third-order valence-electron chi connectivity index (χ3n) is 2.91. The summed E-state index contributed by atoms with van der Waals surface area (Å²) in [5.41, 5.74) is 1.16. The lowest BCUT2D eigenvalue weighted by atomic mass is 10.2. The highest BCUT2D eigenvalue weighted by Gasteiger charge is 2.18. The third kappa shape index (κ3) is 5.54. The van der Waals surface area contributed by atoms with Gasteiger partial charge in [0.1, 0.15) is 11.9 Å². The number of H-pyrrole nitrogens is 1. The number of aromatic nitrogens is 2. The van der Waals surface area contributed by atoms with Crippen molar-refractivity contribution in [3.8, 4) is 0 Å². The third-order valence-corrected chi connectivity index (χ3v) is 3.87. The van der Waals surface area contributed by atoms with Gasteiger partial charge in [0.25, 0.3) is 5.56 Å². The molecule has 0 amide bonds. The summed E-state index contributed by atoms with van der Waals surface area (Å²) in [4.78, 5) is 30.4. The molecule has 7 heteroatoms. The summed E-state index contributed by atoms with van der Waals surface area (Å²) in [6.45, 7) is 2.17. The van der Waals surface area contributed by atoms with Gasteiger partial charge >= 0.3 is 5.97 Å². The molecule has 1 heterocycles. The number of carbonyl (C=O) groups excluding carboxylic acids is 1. The van der Waals surface area contributed by atoms with E-state index in [-0.39, 0.29) is 24.7 Å². The maximum absolute atomic E-state index is 12.0. The maximum atomic E-state index is 12.0. The quantitative estimate of drug-likeness (QED) is 0.475. The van der Waals surface area contributed by atoms with Gasteiger partial charge in [-0.1, -0.05) is 42.1 Å². The van der Waals surface area contributed by atoms with Crippen molar-refractivity contribution in [2.45, 2.75) is 30.5 Å². The Morgan fingerprint density at radius 1 is 1.30 bits per heavy atom. The fourth-order valence-electron chi connectivity index (χ4n) is 1.82. The lowest BCUT2D eigenvalue weighted by molar-refractivity contribution is -0.143. The molecular weight excluding hydrogens is 316 g/mol. The summed E-state index contributed by atoms with van der Waals surface area (Å²) in [6.07, 6.45) is 0. The normalized spacial score (nSPS) is 11.9. The molecule has 0 aliphatic carbocycles. The first-order valence-corrected chi connectivity index (χ1v) is 7.93. The number of aromatic amines is 1. The highest BCUT2D eigenvalue weighted by molar-refractivity contribution is 8.00. The molecule has 1 N–H and O–H groups in total. The molecule has 1 aromatic heterocycles. The summed E-state index contributed by atoms with van der Waals surface area (Å²) in [5, 5.41) is -0.117. The lowest BCUT2D eigenvalue weighted by Crippen LogP contribution is -2.19. The van der Waals surface area contributed by atoms with E-state index < -0.39 is 5.25 Å². The molecule has 0 aliphatic rings. The van der Waals surface area contributed by atoms with Crippen LogP contribution in [0, 0.1) is 0 Å². The van der Waals surface area contributed by atoms with Crippen molar-refractivity contribution in [1.29, 1.82) is 0 Å². The molecule has 0 spiro atoms. The van der Waals surface area contributed by atoms with E-state index in [0.717, 1.165) is 17.3 Å². The smallest absolute Gasteiger partial charge is 0.319 e. The highest BCUT2D eigenvalue weighted by Crippen LogP contribution is 2.20. The summed E-state index contributed by atoms with van der Waals surface area (Å²) in [7, 11) is 1.53. The molecule has 0 saturated carbocycles. The second kappa shape index (κ2) is 8.50. The molecule has 0 aliphatic heterocycles. The second-order valence-corrected chi connectivity index (χ2v) is 6.16. The molecule has 0 fully saturated rings. The van der Waals surface area contributed by atoms with Crippen LogP contribution in [0.4, 0.5) is 0 Å². The molecule has 6 nitrogen and oxygen atoms in total. The zero-order chi connectivity index (χ0) is 16.7. The van der Waals surface area contributed by atoms with Crippen LogP contribution in [0.25, 0.3) is 0 Å². The van der Waals surface area contributed by atoms with Crippen LogP contribution in [0.1, 0.15) is 18.2 Å². The summed E-state index contributed by atoms with van der Waals surface area (Å²) < 4.78 is 10.2. The standard InChI is InChI=1S/C16H18N2O4S/c1-11(15(20)22-9-12-6-4-3-5-7-12)23-16-17-13(10-21-2)8-14(19)18-16/h3-8,11H,9-10H2,1-2H3,(H,17,18,19). The average Bonchev–Trinajstić information content (AvgIpc) is 2.53. The molecule has 0 radical (unpaired) electrons. The van der Waals surface area contributed by atoms with Crippen LogP contribution in [-0.2, 0) is 27.5 Å². The summed E-state index contributed by atoms with van der Waals surface area (Å²) in [5.74, 6) is -0.362. The number of nitrogens with zero attached hydrogens (tertiary/aromatic N) is 1. The van der Waals surface area contributed by atoms with Crippen molar-refractivity contribution in [2.75, 3.05) is 7.11 Å². The van der Waals surface area contributed by atoms with Crippen LogP contribution in [0.15, 0.2) is 46.3 Å². The number of rotatable bonds is 7. The predicted octanol–water partition coefficient (Wildman–Crippen LogP) is 2.14. The molecule has 0 saturated heterocycles. The number of hydrogen-bond acceptors (Lipinski definition) is 6. The average molecular weight is 334 g/mol. The van der Waals surface area contributed by atoms with Crippen LogP contribution in [-0.4, -0.2) is 28.3 Å². The van der Waals surface area contributed by atoms with Gasteiger partial charge in [-0.3, -0.25) is 9.59 Å². The van der Waals surface area contributed by atoms with Gasteiger partial charge in [-0.25, -0.2) is 4.98 Å². The fraction of sp³-hybridized carbons (Fsp3) is 0.312. The van der Waals surface area contributed by atoms with Gasteiger partial charge in [-0.2, -0.15) is 0 Å². The van der Waals surface area contributed by atoms with E-state index in [2.05, 4.69) is 9.97 Å². The number of esters is 1. The Morgan fingerprint density at radius 2 is 2.04 bits per heavy atom. The molecule has 2 rings (SSSR count). The van der Waals surface area contributed by atoms with E-state index in [1.54, 1.807) is 6.92 Å². The van der Waals surface area contributed by atoms with Crippen molar-refractivity contribution in [3.05, 3.63) is 58.0 Å². The van der Waals surface area contributed by atoms with E-state index in [4.69, 9.17) is 9.47 Å². The van der Waals surface area contributed by atoms with Crippen molar-refractivity contribution >= 4 is 17.7 Å². The second-order valence-electron chi connectivity index (χ2n) is 4.83. The van der Waals surface area contributed by atoms with E-state index in [9.17, 15) is 9.59 Å². The van der Waals surface area contributed by atoms with Gasteiger partial charge in [0.15, 0.2) is 5.16 Å². The molecular formula is C16H18N2O4S. The minimum atomic E-state index is -0.486. The first-order valence-electron chi connectivity index (χ1n) is 7.05. The molecule has 1 aromatic carbocycles.